The predicted molar refractivity (Wildman–Crippen MR) is 151 cm³/mol. The number of aromatic nitrogens is 1. The van der Waals surface area contributed by atoms with Gasteiger partial charge >= 0.3 is 12.6 Å². The summed E-state index contributed by atoms with van der Waals surface area (Å²) >= 11 is 0. The van der Waals surface area contributed by atoms with Crippen molar-refractivity contribution in [3.63, 3.8) is 0 Å². The Balaban J connectivity index is 1.74. The number of pyridine rings is 1. The second-order valence-electron chi connectivity index (χ2n) is 9.81. The van der Waals surface area contributed by atoms with E-state index in [0.717, 1.165) is 16.1 Å². The van der Waals surface area contributed by atoms with Gasteiger partial charge in [-0.25, -0.2) is 19.3 Å². The predicted octanol–water partition coefficient (Wildman–Crippen LogP) is 4.19. The van der Waals surface area contributed by atoms with Crippen LogP contribution in [0, 0.1) is 6.92 Å². The Morgan fingerprint density at radius 3 is 2.71 bits per heavy atom. The maximum Gasteiger partial charge on any atom is 0.387 e. The number of anilines is 2. The summed E-state index contributed by atoms with van der Waals surface area (Å²) in [5, 5.41) is 10.8. The van der Waals surface area contributed by atoms with Crippen molar-refractivity contribution in [2.75, 3.05) is 24.3 Å². The van der Waals surface area contributed by atoms with Crippen molar-refractivity contribution in [2.45, 2.75) is 56.8 Å². The molecule has 13 heteroatoms. The molecule has 2 heterocycles. The molecule has 3 atom stereocenters. The maximum atomic E-state index is 13.6. The second kappa shape index (κ2) is 12.8. The zero-order valence-corrected chi connectivity index (χ0v) is 23.7. The van der Waals surface area contributed by atoms with E-state index in [4.69, 9.17) is 21.1 Å². The number of carboxylic acid groups (broad SMARTS) is 1. The molecule has 5 N–H and O–H groups in total. The Bertz CT molecular complexity index is 1440. The molecule has 1 aliphatic heterocycles. The number of alkyl halides is 2. The number of rotatable bonds is 10. The highest BCUT2D eigenvalue weighted by Crippen LogP contribution is 2.40. The number of nitrogens with zero attached hydrogens (tertiary/aromatic N) is 3. The van der Waals surface area contributed by atoms with Crippen LogP contribution in [-0.2, 0) is 22.3 Å². The average molecular weight is 590 g/mol. The second-order valence-corrected chi connectivity index (χ2v) is 11.3. The molecule has 10 nitrogen and oxygen atoms in total. The van der Waals surface area contributed by atoms with E-state index in [0.29, 0.717) is 41.4 Å². The number of hydrogen-bond acceptors (Lipinski definition) is 8. The van der Waals surface area contributed by atoms with Gasteiger partial charge in [0.2, 0.25) is 5.88 Å². The summed E-state index contributed by atoms with van der Waals surface area (Å²) in [5.41, 5.74) is 9.01. The van der Waals surface area contributed by atoms with Crippen molar-refractivity contribution in [1.82, 2.24) is 9.29 Å². The van der Waals surface area contributed by atoms with Gasteiger partial charge in [-0.2, -0.15) is 8.78 Å². The van der Waals surface area contributed by atoms with Crippen LogP contribution in [0.1, 0.15) is 47.9 Å². The van der Waals surface area contributed by atoms with Gasteiger partial charge in [0.1, 0.15) is 27.7 Å². The van der Waals surface area contributed by atoms with Crippen molar-refractivity contribution in [3.05, 3.63) is 70.9 Å². The third kappa shape index (κ3) is 6.92. The summed E-state index contributed by atoms with van der Waals surface area (Å²) < 4.78 is 52.6. The summed E-state index contributed by atoms with van der Waals surface area (Å²) in [6.07, 6.45) is 1.71. The van der Waals surface area contributed by atoms with Gasteiger partial charge in [-0.15, -0.1) is 0 Å². The van der Waals surface area contributed by atoms with Crippen molar-refractivity contribution in [1.29, 1.82) is 0 Å². The molecule has 3 aromatic rings. The van der Waals surface area contributed by atoms with Crippen molar-refractivity contribution in [3.8, 4) is 11.6 Å². The van der Waals surface area contributed by atoms with E-state index in [1.165, 1.54) is 19.2 Å². The van der Waals surface area contributed by atoms with E-state index in [9.17, 15) is 22.9 Å². The van der Waals surface area contributed by atoms with E-state index in [1.54, 1.807) is 28.7 Å². The number of halogens is 2. The molecule has 220 valence electrons. The number of aryl methyl sites for hydroxylation is 1. The van der Waals surface area contributed by atoms with Gasteiger partial charge in [0, 0.05) is 32.3 Å². The lowest BCUT2D eigenvalue weighted by atomic mass is 9.86. The first-order chi connectivity index (χ1) is 19.5. The average Bonchev–Trinajstić information content (AvgIpc) is 3.04. The molecule has 4 rings (SSSR count). The lowest BCUT2D eigenvalue weighted by Gasteiger charge is -2.25. The molecule has 0 bridgehead atoms. The van der Waals surface area contributed by atoms with Crippen LogP contribution in [0.15, 0.2) is 53.6 Å². The van der Waals surface area contributed by atoms with Crippen LogP contribution >= 0.6 is 0 Å². The van der Waals surface area contributed by atoms with Crippen LogP contribution in [-0.4, -0.2) is 50.9 Å². The smallest absolute Gasteiger partial charge is 0.387 e. The highest BCUT2D eigenvalue weighted by molar-refractivity contribution is 7.82. The Labute approximate surface area is 239 Å². The zero-order chi connectivity index (χ0) is 29.8. The summed E-state index contributed by atoms with van der Waals surface area (Å²) in [6.45, 7) is 1.43. The lowest BCUT2D eigenvalue weighted by molar-refractivity contribution is -0.137. The van der Waals surface area contributed by atoms with Crippen molar-refractivity contribution < 1.29 is 32.4 Å². The first-order valence-electron chi connectivity index (χ1n) is 12.9. The number of nitrogen functional groups attached to an aromatic ring is 1. The minimum atomic E-state index is -3.14. The molecule has 3 unspecified atom stereocenters. The molecule has 0 amide bonds. The van der Waals surface area contributed by atoms with Crippen LogP contribution in [0.5, 0.6) is 11.6 Å². The fourth-order valence-electron chi connectivity index (χ4n) is 4.85. The van der Waals surface area contributed by atoms with Crippen LogP contribution in [0.3, 0.4) is 0 Å². The first kappa shape index (κ1) is 30.2. The third-order valence-corrected chi connectivity index (χ3v) is 8.33. The Morgan fingerprint density at radius 1 is 1.29 bits per heavy atom. The molecule has 1 aromatic heterocycles. The number of carbonyl (C=O) groups is 1. The van der Waals surface area contributed by atoms with E-state index in [1.807, 2.05) is 26.0 Å². The SMILES string of the molecule is CCC1CN(Cc2cc(C(CC(=O)O)c3cc(N)c(N(C)N)c(OC(F)F)c3)ccc2C)S(=O)c2cccnc2O1. The molecule has 0 saturated heterocycles. The minimum Gasteiger partial charge on any atom is -0.481 e. The summed E-state index contributed by atoms with van der Waals surface area (Å²) in [5.74, 6) is 4.04. The van der Waals surface area contributed by atoms with Gasteiger partial charge in [-0.3, -0.25) is 4.79 Å². The Morgan fingerprint density at radius 2 is 2.05 bits per heavy atom. The summed E-state index contributed by atoms with van der Waals surface area (Å²) in [7, 11) is -0.121. The summed E-state index contributed by atoms with van der Waals surface area (Å²) in [4.78, 5) is 16.7. The quantitative estimate of drug-likeness (QED) is 0.180. The Kier molecular flexibility index (Phi) is 9.41. The molecule has 2 aromatic carbocycles. The van der Waals surface area contributed by atoms with Crippen LogP contribution in [0.2, 0.25) is 0 Å². The highest BCUT2D eigenvalue weighted by Gasteiger charge is 2.30. The van der Waals surface area contributed by atoms with E-state index < -0.39 is 29.5 Å². The molecule has 0 saturated carbocycles. The molecule has 1 aliphatic rings. The minimum absolute atomic E-state index is 0.0545. The van der Waals surface area contributed by atoms with Crippen molar-refractivity contribution in [2.24, 2.45) is 5.84 Å². The summed E-state index contributed by atoms with van der Waals surface area (Å²) in [6, 6.07) is 11.8. The number of carboxylic acids is 1. The molecule has 0 fully saturated rings. The normalized spacial score (nSPS) is 17.8. The number of benzene rings is 2. The van der Waals surface area contributed by atoms with Crippen LogP contribution < -0.4 is 26.1 Å². The van der Waals surface area contributed by atoms with Crippen LogP contribution in [0.4, 0.5) is 20.2 Å². The third-order valence-electron chi connectivity index (χ3n) is 6.90. The van der Waals surface area contributed by atoms with Gasteiger partial charge in [0.25, 0.3) is 0 Å². The molecular weight excluding hydrogens is 556 g/mol. The van der Waals surface area contributed by atoms with Gasteiger partial charge in [-0.1, -0.05) is 25.1 Å². The van der Waals surface area contributed by atoms with Crippen molar-refractivity contribution >= 4 is 28.3 Å². The molecule has 0 aliphatic carbocycles. The van der Waals surface area contributed by atoms with Gasteiger partial charge < -0.3 is 25.3 Å². The van der Waals surface area contributed by atoms with Crippen LogP contribution in [0.25, 0.3) is 0 Å². The highest BCUT2D eigenvalue weighted by atomic mass is 32.2. The number of fused-ring (bicyclic) bond motifs is 1. The first-order valence-corrected chi connectivity index (χ1v) is 14.1. The fourth-order valence-corrected chi connectivity index (χ4v) is 6.13. The number of aliphatic carboxylic acids is 1. The number of hydrazine groups is 1. The lowest BCUT2D eigenvalue weighted by Crippen LogP contribution is -2.33. The molecule has 41 heavy (non-hydrogen) atoms. The number of ether oxygens (including phenoxy) is 2. The van der Waals surface area contributed by atoms with Gasteiger partial charge in [0.05, 0.1) is 12.1 Å². The number of nitrogens with two attached hydrogens (primary N) is 2. The standard InChI is InChI=1S/C28H33F2N5O5S/c1-4-20-15-35(41(38)24-6-5-9-33-27(24)39-20)14-19-10-17(8-7-16(19)2)21(13-25(36)37)18-11-22(31)26(34(3)32)23(12-18)40-28(29)30/h5-12,20-21,28H,4,13-15,31-32H2,1-3H3,(H,36,37). The topological polar surface area (TPSA) is 144 Å². The Hall–Kier alpha value is -3.81. The molecule has 0 spiro atoms. The van der Waals surface area contributed by atoms with E-state index in [-0.39, 0.29) is 29.6 Å². The molecule has 0 radical (unpaired) electrons. The van der Waals surface area contributed by atoms with Gasteiger partial charge in [0.15, 0.2) is 5.75 Å². The van der Waals surface area contributed by atoms with E-state index in [2.05, 4.69) is 4.98 Å². The zero-order valence-electron chi connectivity index (χ0n) is 22.9. The monoisotopic (exact) mass is 589 g/mol. The van der Waals surface area contributed by atoms with Gasteiger partial charge in [-0.05, 0) is 59.9 Å². The maximum absolute atomic E-state index is 13.6. The molecular formula is C28H33F2N5O5S. The number of hydrogen-bond donors (Lipinski definition) is 3. The van der Waals surface area contributed by atoms with E-state index >= 15 is 0 Å². The largest absolute Gasteiger partial charge is 0.481 e. The fraction of sp³-hybridized carbons (Fsp3) is 0.357.